The van der Waals surface area contributed by atoms with Crippen LogP contribution in [0.5, 0.6) is 0 Å². The molecule has 26 heavy (non-hydrogen) atoms. The van der Waals surface area contributed by atoms with Crippen molar-refractivity contribution in [2.24, 2.45) is 0 Å². The van der Waals surface area contributed by atoms with Crippen LogP contribution in [-0.2, 0) is 15.7 Å². The minimum absolute atomic E-state index is 0.252. The molecule has 2 aliphatic heterocycles. The van der Waals surface area contributed by atoms with E-state index < -0.39 is 23.9 Å². The van der Waals surface area contributed by atoms with E-state index in [1.165, 1.54) is 12.1 Å². The average molecular weight is 383 g/mol. The van der Waals surface area contributed by atoms with Crippen LogP contribution in [0.2, 0.25) is 0 Å². The van der Waals surface area contributed by atoms with Gasteiger partial charge in [0.2, 0.25) is 0 Å². The molecule has 1 aromatic carbocycles. The maximum atomic E-state index is 12.5. The molecule has 2 aliphatic rings. The van der Waals surface area contributed by atoms with Crippen LogP contribution < -0.4 is 5.32 Å². The summed E-state index contributed by atoms with van der Waals surface area (Å²) in [6.07, 6.45) is -6.40. The summed E-state index contributed by atoms with van der Waals surface area (Å²) in [5.41, 5.74) is 0.903. The van der Waals surface area contributed by atoms with Crippen LogP contribution in [0.15, 0.2) is 30.3 Å². The van der Waals surface area contributed by atoms with E-state index in [0.29, 0.717) is 6.61 Å². The van der Waals surface area contributed by atoms with Crippen LogP contribution >= 0.6 is 0 Å². The normalized spacial score (nSPS) is 22.8. The van der Waals surface area contributed by atoms with E-state index in [9.17, 15) is 26.3 Å². The lowest BCUT2D eigenvalue weighted by atomic mass is 9.98. The summed E-state index contributed by atoms with van der Waals surface area (Å²) in [4.78, 5) is 8.90. The largest absolute Gasteiger partial charge is 0.490 e. The Bertz CT molecular complexity index is 673. The molecule has 1 unspecified atom stereocenters. The van der Waals surface area contributed by atoms with Crippen LogP contribution in [0.1, 0.15) is 17.5 Å². The Morgan fingerprint density at radius 1 is 1.12 bits per heavy atom. The number of alkyl halides is 6. The Balaban J connectivity index is 0.000000298. The Morgan fingerprint density at radius 3 is 2.12 bits per heavy atom. The van der Waals surface area contributed by atoms with Gasteiger partial charge in [-0.2, -0.15) is 26.3 Å². The first kappa shape index (κ1) is 20.2. The van der Waals surface area contributed by atoms with Crippen LogP contribution in [0, 0.1) is 0 Å². The first-order chi connectivity index (χ1) is 11.9. The molecule has 4 nitrogen and oxygen atoms in total. The van der Waals surface area contributed by atoms with Gasteiger partial charge in [0.25, 0.3) is 0 Å². The number of benzene rings is 1. The number of carbonyl (C=O) groups is 1. The molecular weight excluding hydrogens is 368 g/mol. The SMILES string of the molecule is FC(F)(F)c1ccc(C2=CC3(CCNC3)OC2)cc1.O=C(O)C(F)(F)F. The van der Waals surface area contributed by atoms with Gasteiger partial charge in [0.1, 0.15) is 5.60 Å². The van der Waals surface area contributed by atoms with Crippen molar-refractivity contribution in [1.29, 1.82) is 0 Å². The topological polar surface area (TPSA) is 58.6 Å². The highest BCUT2D eigenvalue weighted by atomic mass is 19.4. The van der Waals surface area contributed by atoms with E-state index in [1.54, 1.807) is 0 Å². The first-order valence-electron chi connectivity index (χ1n) is 7.47. The number of carboxylic acid groups (broad SMARTS) is 1. The Kier molecular flexibility index (Phi) is 5.67. The molecule has 0 amide bonds. The number of nitrogens with one attached hydrogen (secondary N) is 1. The van der Waals surface area contributed by atoms with Gasteiger partial charge in [-0.25, -0.2) is 4.79 Å². The van der Waals surface area contributed by atoms with Gasteiger partial charge in [-0.1, -0.05) is 12.1 Å². The predicted octanol–water partition coefficient (Wildman–Crippen LogP) is 3.48. The zero-order valence-corrected chi connectivity index (χ0v) is 13.2. The molecule has 1 aromatic rings. The molecule has 2 heterocycles. The van der Waals surface area contributed by atoms with E-state index in [4.69, 9.17) is 14.6 Å². The van der Waals surface area contributed by atoms with E-state index >= 15 is 0 Å². The van der Waals surface area contributed by atoms with E-state index in [1.807, 2.05) is 0 Å². The number of hydrogen-bond donors (Lipinski definition) is 2. The van der Waals surface area contributed by atoms with Crippen LogP contribution in [0.25, 0.3) is 5.57 Å². The van der Waals surface area contributed by atoms with Gasteiger partial charge in [0.05, 0.1) is 12.2 Å². The molecule has 3 rings (SSSR count). The van der Waals surface area contributed by atoms with Crippen LogP contribution in [0.4, 0.5) is 26.3 Å². The fraction of sp³-hybridized carbons (Fsp3) is 0.438. The summed E-state index contributed by atoms with van der Waals surface area (Å²) in [5.74, 6) is -2.76. The number of hydrogen-bond acceptors (Lipinski definition) is 3. The fourth-order valence-corrected chi connectivity index (χ4v) is 2.60. The highest BCUT2D eigenvalue weighted by molar-refractivity contribution is 5.73. The van der Waals surface area contributed by atoms with E-state index in [2.05, 4.69) is 11.4 Å². The molecule has 1 saturated heterocycles. The number of aliphatic carboxylic acids is 1. The second-order valence-corrected chi connectivity index (χ2v) is 5.83. The van der Waals surface area contributed by atoms with Gasteiger partial charge < -0.3 is 15.2 Å². The summed E-state index contributed by atoms with van der Waals surface area (Å²) in [6, 6.07) is 5.26. The van der Waals surface area contributed by atoms with Gasteiger partial charge in [-0.05, 0) is 42.3 Å². The lowest BCUT2D eigenvalue weighted by molar-refractivity contribution is -0.192. The molecule has 0 bridgehead atoms. The Hall–Kier alpha value is -2.07. The second-order valence-electron chi connectivity index (χ2n) is 5.83. The Labute approximate surface area is 144 Å². The van der Waals surface area contributed by atoms with Crippen molar-refractivity contribution in [2.45, 2.75) is 24.4 Å². The van der Waals surface area contributed by atoms with Crippen molar-refractivity contribution < 1.29 is 41.0 Å². The molecule has 1 fully saturated rings. The van der Waals surface area contributed by atoms with Crippen molar-refractivity contribution in [2.75, 3.05) is 19.7 Å². The third-order valence-electron chi connectivity index (χ3n) is 3.93. The second kappa shape index (κ2) is 7.28. The smallest absolute Gasteiger partial charge is 0.475 e. The molecule has 0 radical (unpaired) electrons. The molecule has 144 valence electrons. The van der Waals surface area contributed by atoms with Crippen molar-refractivity contribution in [3.63, 3.8) is 0 Å². The molecular formula is C16H15F6NO3. The van der Waals surface area contributed by atoms with Gasteiger partial charge >= 0.3 is 18.3 Å². The van der Waals surface area contributed by atoms with E-state index in [-0.39, 0.29) is 5.60 Å². The zero-order valence-electron chi connectivity index (χ0n) is 13.2. The van der Waals surface area contributed by atoms with Crippen LogP contribution in [-0.4, -0.2) is 42.5 Å². The third-order valence-corrected chi connectivity index (χ3v) is 3.93. The highest BCUT2D eigenvalue weighted by Gasteiger charge is 2.38. The maximum absolute atomic E-state index is 12.5. The summed E-state index contributed by atoms with van der Waals surface area (Å²) in [7, 11) is 0. The minimum Gasteiger partial charge on any atom is -0.475 e. The highest BCUT2D eigenvalue weighted by Crippen LogP contribution is 2.35. The molecule has 0 saturated carbocycles. The van der Waals surface area contributed by atoms with Gasteiger partial charge in [-0.15, -0.1) is 0 Å². The molecule has 2 N–H and O–H groups in total. The van der Waals surface area contributed by atoms with Crippen LogP contribution in [0.3, 0.4) is 0 Å². The number of halogens is 6. The average Bonchev–Trinajstić information content (AvgIpc) is 3.17. The summed E-state index contributed by atoms with van der Waals surface area (Å²) < 4.78 is 75.0. The predicted molar refractivity (Wildman–Crippen MR) is 79.3 cm³/mol. The third kappa shape index (κ3) is 4.98. The molecule has 10 heteroatoms. The van der Waals surface area contributed by atoms with Gasteiger partial charge in [0, 0.05) is 6.54 Å². The van der Waals surface area contributed by atoms with Crippen molar-refractivity contribution in [3.05, 3.63) is 41.5 Å². The minimum atomic E-state index is -5.08. The zero-order chi connectivity index (χ0) is 19.6. The number of ether oxygens (including phenoxy) is 1. The van der Waals surface area contributed by atoms with Crippen molar-refractivity contribution in [1.82, 2.24) is 5.32 Å². The summed E-state index contributed by atoms with van der Waals surface area (Å²) in [6.45, 7) is 2.15. The number of carboxylic acids is 1. The van der Waals surface area contributed by atoms with E-state index in [0.717, 1.165) is 42.8 Å². The molecule has 0 aliphatic carbocycles. The van der Waals surface area contributed by atoms with Crippen molar-refractivity contribution in [3.8, 4) is 0 Å². The molecule has 1 atom stereocenters. The molecule has 1 spiro atoms. The quantitative estimate of drug-likeness (QED) is 0.729. The monoisotopic (exact) mass is 383 g/mol. The maximum Gasteiger partial charge on any atom is 0.490 e. The van der Waals surface area contributed by atoms with Gasteiger partial charge in [0.15, 0.2) is 0 Å². The van der Waals surface area contributed by atoms with Crippen molar-refractivity contribution >= 4 is 11.5 Å². The summed E-state index contributed by atoms with van der Waals surface area (Å²) >= 11 is 0. The standard InChI is InChI=1S/C14H14F3NO.C2HF3O2/c15-14(16,17)12-3-1-10(2-4-12)11-7-13(19-8-11)5-6-18-9-13;3-2(4,5)1(6)7/h1-4,7,18H,5-6,8-9H2;(H,6,7). The number of rotatable bonds is 1. The Morgan fingerprint density at radius 2 is 1.69 bits per heavy atom. The lowest BCUT2D eigenvalue weighted by Gasteiger charge is -2.18. The fourth-order valence-electron chi connectivity index (χ4n) is 2.60. The van der Waals surface area contributed by atoms with Gasteiger partial charge in [-0.3, -0.25) is 0 Å². The first-order valence-corrected chi connectivity index (χ1v) is 7.47. The lowest BCUT2D eigenvalue weighted by Crippen LogP contribution is -2.29. The molecule has 0 aromatic heterocycles. The summed E-state index contributed by atoms with van der Waals surface area (Å²) in [5, 5.41) is 10.4.